The van der Waals surface area contributed by atoms with Gasteiger partial charge in [0, 0.05) is 6.04 Å². The first-order valence-electron chi connectivity index (χ1n) is 5.97. The Bertz CT molecular complexity index is 115. The van der Waals surface area contributed by atoms with Crippen LogP contribution in [0.4, 0.5) is 0 Å². The highest BCUT2D eigenvalue weighted by molar-refractivity contribution is 7.99. The Morgan fingerprint density at radius 3 is 2.36 bits per heavy atom. The van der Waals surface area contributed by atoms with Gasteiger partial charge in [-0.25, -0.2) is 0 Å². The molecule has 0 aliphatic heterocycles. The summed E-state index contributed by atoms with van der Waals surface area (Å²) in [5.74, 6) is 3.39. The lowest BCUT2D eigenvalue weighted by Gasteiger charge is -2.19. The van der Waals surface area contributed by atoms with Crippen molar-refractivity contribution in [3.05, 3.63) is 0 Å². The molecule has 0 rings (SSSR count). The predicted octanol–water partition coefficient (Wildman–Crippen LogP) is 3.54. The number of rotatable bonds is 9. The van der Waals surface area contributed by atoms with E-state index in [-0.39, 0.29) is 0 Å². The van der Waals surface area contributed by atoms with Crippen LogP contribution in [0.5, 0.6) is 0 Å². The lowest BCUT2D eigenvalue weighted by Crippen LogP contribution is -2.30. The smallest absolute Gasteiger partial charge is 0.00870 e. The van der Waals surface area contributed by atoms with Crippen LogP contribution in [0.15, 0.2) is 0 Å². The molecule has 0 heterocycles. The summed E-state index contributed by atoms with van der Waals surface area (Å²) in [6.07, 6.45) is 5.52. The van der Waals surface area contributed by atoms with E-state index in [2.05, 4.69) is 44.9 Å². The quantitative estimate of drug-likeness (QED) is 0.593. The maximum Gasteiger partial charge on any atom is 0.00870 e. The molecule has 0 aromatic rings. The van der Waals surface area contributed by atoms with Crippen LogP contribution >= 0.6 is 11.8 Å². The van der Waals surface area contributed by atoms with Gasteiger partial charge in [-0.05, 0) is 37.3 Å². The number of unbranched alkanes of at least 4 members (excludes halogenated alkanes) is 2. The molecule has 0 aliphatic rings. The zero-order chi connectivity index (χ0) is 10.8. The molecule has 2 heteroatoms. The van der Waals surface area contributed by atoms with Gasteiger partial charge in [-0.15, -0.1) is 0 Å². The van der Waals surface area contributed by atoms with Crippen LogP contribution < -0.4 is 5.32 Å². The van der Waals surface area contributed by atoms with Gasteiger partial charge in [0.05, 0.1) is 0 Å². The Kier molecular flexibility index (Phi) is 10.1. The molecule has 0 aromatic carbocycles. The molecule has 14 heavy (non-hydrogen) atoms. The third-order valence-corrected chi connectivity index (χ3v) is 3.67. The number of hydrogen-bond acceptors (Lipinski definition) is 2. The zero-order valence-corrected chi connectivity index (χ0v) is 11.1. The van der Waals surface area contributed by atoms with Crippen LogP contribution in [-0.4, -0.2) is 24.6 Å². The second-order valence-electron chi connectivity index (χ2n) is 4.19. The van der Waals surface area contributed by atoms with Crippen molar-refractivity contribution < 1.29 is 0 Å². The first-order valence-corrected chi connectivity index (χ1v) is 7.12. The summed E-state index contributed by atoms with van der Waals surface area (Å²) in [5.41, 5.74) is 0. The molecule has 0 saturated carbocycles. The Hall–Kier alpha value is 0.310. The van der Waals surface area contributed by atoms with Crippen LogP contribution in [0, 0.1) is 5.92 Å². The lowest BCUT2D eigenvalue weighted by molar-refractivity contribution is 0.389. The standard InChI is InChI=1S/C12H27NS/c1-5-14-10-8-6-7-9-12(13-4)11(2)3/h11-13H,5-10H2,1-4H3. The topological polar surface area (TPSA) is 12.0 Å². The molecule has 86 valence electrons. The molecule has 0 amide bonds. The summed E-state index contributed by atoms with van der Waals surface area (Å²) in [6, 6.07) is 0.717. The molecule has 1 N–H and O–H groups in total. The minimum absolute atomic E-state index is 0.717. The molecule has 0 aromatic heterocycles. The summed E-state index contributed by atoms with van der Waals surface area (Å²) in [5, 5.41) is 3.40. The third kappa shape index (κ3) is 7.69. The molecule has 0 fully saturated rings. The van der Waals surface area contributed by atoms with Gasteiger partial charge in [-0.2, -0.15) is 11.8 Å². The Balaban J connectivity index is 3.25. The van der Waals surface area contributed by atoms with E-state index in [1.807, 2.05) is 0 Å². The average Bonchev–Trinajstić information content (AvgIpc) is 2.16. The van der Waals surface area contributed by atoms with Gasteiger partial charge < -0.3 is 5.32 Å². The first-order chi connectivity index (χ1) is 6.72. The molecule has 0 aliphatic carbocycles. The Labute approximate surface area is 94.4 Å². The third-order valence-electron chi connectivity index (χ3n) is 2.68. The Morgan fingerprint density at radius 2 is 1.86 bits per heavy atom. The second-order valence-corrected chi connectivity index (χ2v) is 5.58. The molecule has 0 radical (unpaired) electrons. The summed E-state index contributed by atoms with van der Waals surface area (Å²) in [6.45, 7) is 6.84. The van der Waals surface area contributed by atoms with Gasteiger partial charge in [-0.3, -0.25) is 0 Å². The first kappa shape index (κ1) is 14.3. The molecular weight excluding hydrogens is 190 g/mol. The largest absolute Gasteiger partial charge is 0.317 e. The van der Waals surface area contributed by atoms with E-state index < -0.39 is 0 Å². The van der Waals surface area contributed by atoms with Crippen molar-refractivity contribution >= 4 is 11.8 Å². The van der Waals surface area contributed by atoms with E-state index in [0.29, 0.717) is 6.04 Å². The fourth-order valence-electron chi connectivity index (χ4n) is 1.70. The predicted molar refractivity (Wildman–Crippen MR) is 69.2 cm³/mol. The molecule has 1 atom stereocenters. The molecule has 1 unspecified atom stereocenters. The normalized spacial score (nSPS) is 13.5. The monoisotopic (exact) mass is 217 g/mol. The van der Waals surface area contributed by atoms with E-state index in [1.165, 1.54) is 37.2 Å². The van der Waals surface area contributed by atoms with Gasteiger partial charge in [-0.1, -0.05) is 33.6 Å². The molecule has 0 bridgehead atoms. The van der Waals surface area contributed by atoms with Crippen molar-refractivity contribution in [3.63, 3.8) is 0 Å². The fraction of sp³-hybridized carbons (Fsp3) is 1.00. The maximum absolute atomic E-state index is 3.40. The van der Waals surface area contributed by atoms with Crippen molar-refractivity contribution in [2.45, 2.75) is 52.5 Å². The highest BCUT2D eigenvalue weighted by atomic mass is 32.2. The fourth-order valence-corrected chi connectivity index (χ4v) is 2.40. The van der Waals surface area contributed by atoms with E-state index in [9.17, 15) is 0 Å². The van der Waals surface area contributed by atoms with Gasteiger partial charge in [0.25, 0.3) is 0 Å². The van der Waals surface area contributed by atoms with Crippen molar-refractivity contribution in [2.24, 2.45) is 5.92 Å². The highest BCUT2D eigenvalue weighted by Gasteiger charge is 2.09. The van der Waals surface area contributed by atoms with Crippen molar-refractivity contribution in [3.8, 4) is 0 Å². The molecule has 1 nitrogen and oxygen atoms in total. The van der Waals surface area contributed by atoms with Crippen molar-refractivity contribution in [2.75, 3.05) is 18.6 Å². The summed E-state index contributed by atoms with van der Waals surface area (Å²) < 4.78 is 0. The highest BCUT2D eigenvalue weighted by Crippen LogP contribution is 2.12. The van der Waals surface area contributed by atoms with Crippen molar-refractivity contribution in [1.29, 1.82) is 0 Å². The average molecular weight is 217 g/mol. The maximum atomic E-state index is 3.40. The second kappa shape index (κ2) is 9.85. The Morgan fingerprint density at radius 1 is 1.14 bits per heavy atom. The van der Waals surface area contributed by atoms with Crippen LogP contribution in [-0.2, 0) is 0 Å². The van der Waals surface area contributed by atoms with E-state index in [4.69, 9.17) is 0 Å². The van der Waals surface area contributed by atoms with Crippen molar-refractivity contribution in [1.82, 2.24) is 5.32 Å². The van der Waals surface area contributed by atoms with Gasteiger partial charge >= 0.3 is 0 Å². The molecule has 0 spiro atoms. The SMILES string of the molecule is CCSCCCCCC(NC)C(C)C. The van der Waals surface area contributed by atoms with E-state index >= 15 is 0 Å². The summed E-state index contributed by atoms with van der Waals surface area (Å²) in [4.78, 5) is 0. The minimum Gasteiger partial charge on any atom is -0.317 e. The van der Waals surface area contributed by atoms with Gasteiger partial charge in [0.1, 0.15) is 0 Å². The van der Waals surface area contributed by atoms with E-state index in [1.54, 1.807) is 0 Å². The molecular formula is C12H27NS. The summed E-state index contributed by atoms with van der Waals surface area (Å²) >= 11 is 2.06. The molecule has 0 saturated heterocycles. The minimum atomic E-state index is 0.717. The van der Waals surface area contributed by atoms with Gasteiger partial charge in [0.2, 0.25) is 0 Å². The van der Waals surface area contributed by atoms with Crippen LogP contribution in [0.25, 0.3) is 0 Å². The lowest BCUT2D eigenvalue weighted by atomic mass is 9.98. The number of nitrogens with one attached hydrogen (secondary N) is 1. The van der Waals surface area contributed by atoms with Crippen LogP contribution in [0.2, 0.25) is 0 Å². The van der Waals surface area contributed by atoms with E-state index in [0.717, 1.165) is 5.92 Å². The van der Waals surface area contributed by atoms with Crippen LogP contribution in [0.1, 0.15) is 46.5 Å². The van der Waals surface area contributed by atoms with Gasteiger partial charge in [0.15, 0.2) is 0 Å². The summed E-state index contributed by atoms with van der Waals surface area (Å²) in [7, 11) is 2.08. The van der Waals surface area contributed by atoms with Crippen LogP contribution in [0.3, 0.4) is 0 Å². The number of hydrogen-bond donors (Lipinski definition) is 1. The number of thioether (sulfide) groups is 1. The zero-order valence-electron chi connectivity index (χ0n) is 10.3.